The predicted octanol–water partition coefficient (Wildman–Crippen LogP) is 3.17. The van der Waals surface area contributed by atoms with Crippen LogP contribution < -0.4 is 0 Å². The summed E-state index contributed by atoms with van der Waals surface area (Å²) in [6.45, 7) is 2.06. The van der Waals surface area contributed by atoms with Crippen molar-refractivity contribution in [3.05, 3.63) is 16.1 Å². The number of alkyl halides is 1. The second kappa shape index (κ2) is 3.11. The lowest BCUT2D eigenvalue weighted by Gasteiger charge is -2.07. The zero-order valence-electron chi connectivity index (χ0n) is 7.14. The molecule has 66 valence electrons. The first-order chi connectivity index (χ1) is 5.74. The summed E-state index contributed by atoms with van der Waals surface area (Å²) in [5.74, 6) is 0. The van der Waals surface area contributed by atoms with Crippen molar-refractivity contribution in [2.24, 2.45) is 5.41 Å². The van der Waals surface area contributed by atoms with Crippen molar-refractivity contribution in [2.45, 2.75) is 26.2 Å². The smallest absolute Gasteiger partial charge is 0.0933 e. The molecular weight excluding hydrogens is 234 g/mol. The number of aryl methyl sites for hydroxylation is 1. The van der Waals surface area contributed by atoms with E-state index in [1.165, 1.54) is 30.0 Å². The van der Waals surface area contributed by atoms with Gasteiger partial charge in [0.1, 0.15) is 0 Å². The van der Waals surface area contributed by atoms with Crippen LogP contribution in [0.15, 0.2) is 5.38 Å². The van der Waals surface area contributed by atoms with Gasteiger partial charge >= 0.3 is 0 Å². The van der Waals surface area contributed by atoms with Crippen LogP contribution in [0.25, 0.3) is 0 Å². The summed E-state index contributed by atoms with van der Waals surface area (Å²) in [4.78, 5) is 4.48. The van der Waals surface area contributed by atoms with Crippen LogP contribution in [-0.4, -0.2) is 10.3 Å². The Morgan fingerprint density at radius 2 is 2.42 bits per heavy atom. The highest BCUT2D eigenvalue weighted by atomic mass is 79.9. The molecule has 0 bridgehead atoms. The molecule has 3 heteroatoms. The summed E-state index contributed by atoms with van der Waals surface area (Å²) in [7, 11) is 0. The van der Waals surface area contributed by atoms with Gasteiger partial charge in [0.15, 0.2) is 0 Å². The SMILES string of the molecule is Cc1csc(CC2(CBr)CC2)n1. The summed E-state index contributed by atoms with van der Waals surface area (Å²) in [5.41, 5.74) is 1.74. The van der Waals surface area contributed by atoms with E-state index in [-0.39, 0.29) is 0 Å². The number of aromatic nitrogens is 1. The van der Waals surface area contributed by atoms with Crippen LogP contribution in [-0.2, 0) is 6.42 Å². The molecule has 0 N–H and O–H groups in total. The Hall–Kier alpha value is 0.110. The average Bonchev–Trinajstić information content (AvgIpc) is 2.71. The molecule has 2 rings (SSSR count). The maximum Gasteiger partial charge on any atom is 0.0933 e. The molecule has 0 atom stereocenters. The van der Waals surface area contributed by atoms with Gasteiger partial charge in [0.25, 0.3) is 0 Å². The third-order valence-electron chi connectivity index (χ3n) is 2.43. The van der Waals surface area contributed by atoms with E-state index >= 15 is 0 Å². The van der Waals surface area contributed by atoms with Crippen molar-refractivity contribution < 1.29 is 0 Å². The van der Waals surface area contributed by atoms with Gasteiger partial charge in [-0.15, -0.1) is 11.3 Å². The van der Waals surface area contributed by atoms with Crippen LogP contribution in [0.2, 0.25) is 0 Å². The largest absolute Gasteiger partial charge is 0.247 e. The first kappa shape index (κ1) is 8.70. The third-order valence-corrected chi connectivity index (χ3v) is 4.59. The molecule has 0 aromatic carbocycles. The number of thiazole rings is 1. The molecule has 0 aliphatic heterocycles. The molecule has 1 aliphatic rings. The van der Waals surface area contributed by atoms with Gasteiger partial charge in [-0.05, 0) is 25.2 Å². The Balaban J connectivity index is 2.04. The quantitative estimate of drug-likeness (QED) is 0.746. The summed E-state index contributed by atoms with van der Waals surface area (Å²) in [6.07, 6.45) is 3.92. The van der Waals surface area contributed by atoms with Crippen molar-refractivity contribution in [3.63, 3.8) is 0 Å². The molecule has 0 radical (unpaired) electrons. The van der Waals surface area contributed by atoms with Crippen molar-refractivity contribution in [1.82, 2.24) is 4.98 Å². The van der Waals surface area contributed by atoms with E-state index in [4.69, 9.17) is 0 Å². The van der Waals surface area contributed by atoms with Crippen molar-refractivity contribution in [1.29, 1.82) is 0 Å². The molecule has 1 aromatic rings. The molecule has 0 saturated heterocycles. The van der Waals surface area contributed by atoms with Gasteiger partial charge in [-0.25, -0.2) is 4.98 Å². The first-order valence-electron chi connectivity index (χ1n) is 4.21. The minimum atomic E-state index is 0.574. The lowest BCUT2D eigenvalue weighted by Crippen LogP contribution is -2.05. The number of rotatable bonds is 3. The normalized spacial score (nSPS) is 19.5. The van der Waals surface area contributed by atoms with E-state index in [0.717, 1.165) is 5.33 Å². The zero-order chi connectivity index (χ0) is 8.60. The maximum atomic E-state index is 4.48. The van der Waals surface area contributed by atoms with E-state index in [0.29, 0.717) is 5.41 Å². The van der Waals surface area contributed by atoms with E-state index in [1.54, 1.807) is 11.3 Å². The Kier molecular flexibility index (Phi) is 2.25. The first-order valence-corrected chi connectivity index (χ1v) is 6.21. The number of hydrogen-bond donors (Lipinski definition) is 0. The lowest BCUT2D eigenvalue weighted by molar-refractivity contribution is 0.584. The van der Waals surface area contributed by atoms with E-state index in [9.17, 15) is 0 Å². The molecule has 0 unspecified atom stereocenters. The molecule has 12 heavy (non-hydrogen) atoms. The molecular formula is C9H12BrNS. The van der Waals surface area contributed by atoms with Gasteiger partial charge < -0.3 is 0 Å². The fraction of sp³-hybridized carbons (Fsp3) is 0.667. The number of nitrogens with zero attached hydrogens (tertiary/aromatic N) is 1. The molecule has 1 fully saturated rings. The summed E-state index contributed by atoms with van der Waals surface area (Å²) in [6, 6.07) is 0. The summed E-state index contributed by atoms with van der Waals surface area (Å²) in [5, 5.41) is 4.59. The summed E-state index contributed by atoms with van der Waals surface area (Å²) < 4.78 is 0. The Bertz CT molecular complexity index is 278. The van der Waals surface area contributed by atoms with E-state index in [1.807, 2.05) is 0 Å². The highest BCUT2D eigenvalue weighted by Gasteiger charge is 2.41. The molecule has 1 heterocycles. The maximum absolute atomic E-state index is 4.48. The second-order valence-corrected chi connectivity index (χ2v) is 5.20. The van der Waals surface area contributed by atoms with Gasteiger partial charge in [-0.3, -0.25) is 0 Å². The fourth-order valence-corrected chi connectivity index (χ4v) is 3.04. The van der Waals surface area contributed by atoms with Crippen LogP contribution in [0, 0.1) is 12.3 Å². The standard InChI is InChI=1S/C9H12BrNS/c1-7-5-12-8(11-7)4-9(6-10)2-3-9/h5H,2-4,6H2,1H3. The third kappa shape index (κ3) is 1.72. The molecule has 1 aromatic heterocycles. The summed E-state index contributed by atoms with van der Waals surface area (Å²) >= 11 is 5.37. The minimum Gasteiger partial charge on any atom is -0.247 e. The van der Waals surface area contributed by atoms with Gasteiger partial charge in [0.05, 0.1) is 5.01 Å². The second-order valence-electron chi connectivity index (χ2n) is 3.69. The Morgan fingerprint density at radius 1 is 1.67 bits per heavy atom. The van der Waals surface area contributed by atoms with Gasteiger partial charge in [-0.1, -0.05) is 15.9 Å². The topological polar surface area (TPSA) is 12.9 Å². The fourth-order valence-electron chi connectivity index (χ4n) is 1.34. The van der Waals surface area contributed by atoms with Gasteiger partial charge in [0.2, 0.25) is 0 Å². The molecule has 1 saturated carbocycles. The van der Waals surface area contributed by atoms with Crippen LogP contribution in [0.3, 0.4) is 0 Å². The highest BCUT2D eigenvalue weighted by Crippen LogP contribution is 2.49. The number of halogens is 1. The van der Waals surface area contributed by atoms with Crippen LogP contribution in [0.1, 0.15) is 23.5 Å². The van der Waals surface area contributed by atoms with Crippen LogP contribution >= 0.6 is 27.3 Å². The Labute approximate surface area is 85.3 Å². The predicted molar refractivity (Wildman–Crippen MR) is 56.0 cm³/mol. The van der Waals surface area contributed by atoms with Crippen molar-refractivity contribution in [3.8, 4) is 0 Å². The van der Waals surface area contributed by atoms with Crippen molar-refractivity contribution >= 4 is 27.3 Å². The van der Waals surface area contributed by atoms with Gasteiger partial charge in [0, 0.05) is 22.8 Å². The monoisotopic (exact) mass is 245 g/mol. The van der Waals surface area contributed by atoms with Crippen LogP contribution in [0.5, 0.6) is 0 Å². The lowest BCUT2D eigenvalue weighted by atomic mass is 10.1. The Morgan fingerprint density at radius 3 is 2.83 bits per heavy atom. The van der Waals surface area contributed by atoms with E-state index in [2.05, 4.69) is 33.2 Å². The van der Waals surface area contributed by atoms with E-state index < -0.39 is 0 Å². The van der Waals surface area contributed by atoms with Gasteiger partial charge in [-0.2, -0.15) is 0 Å². The minimum absolute atomic E-state index is 0.574. The molecule has 0 spiro atoms. The average molecular weight is 246 g/mol. The molecule has 1 nitrogen and oxygen atoms in total. The zero-order valence-corrected chi connectivity index (χ0v) is 9.54. The molecule has 1 aliphatic carbocycles. The van der Waals surface area contributed by atoms with Crippen molar-refractivity contribution in [2.75, 3.05) is 5.33 Å². The highest BCUT2D eigenvalue weighted by molar-refractivity contribution is 9.09. The number of hydrogen-bond acceptors (Lipinski definition) is 2. The molecule has 0 amide bonds. The van der Waals surface area contributed by atoms with Crippen LogP contribution in [0.4, 0.5) is 0 Å².